The summed E-state index contributed by atoms with van der Waals surface area (Å²) < 4.78 is 4.84. The number of imide groups is 1. The molecule has 114 valence electrons. The van der Waals surface area contributed by atoms with E-state index in [0.29, 0.717) is 12.1 Å². The van der Waals surface area contributed by atoms with Crippen LogP contribution in [0.1, 0.15) is 29.8 Å². The average Bonchev–Trinajstić information content (AvgIpc) is 2.42. The van der Waals surface area contributed by atoms with E-state index in [2.05, 4.69) is 10.6 Å². The lowest BCUT2D eigenvalue weighted by Gasteiger charge is -2.09. The number of benzene rings is 1. The van der Waals surface area contributed by atoms with Gasteiger partial charge < -0.3 is 10.1 Å². The molecule has 0 saturated carbocycles. The maximum Gasteiger partial charge on any atom is 0.338 e. The minimum absolute atomic E-state index is 0.282. The Kier molecular flexibility index (Phi) is 6.39. The lowest BCUT2D eigenvalue weighted by molar-refractivity contribution is -0.123. The maximum atomic E-state index is 11.7. The van der Waals surface area contributed by atoms with Crippen molar-refractivity contribution >= 4 is 17.9 Å². The van der Waals surface area contributed by atoms with Gasteiger partial charge in [-0.05, 0) is 25.0 Å². The van der Waals surface area contributed by atoms with Crippen LogP contribution >= 0.6 is 0 Å². The molecular weight excluding hydrogens is 272 g/mol. The van der Waals surface area contributed by atoms with Crippen molar-refractivity contribution in [2.45, 2.75) is 20.8 Å². The molecule has 3 amide bonds. The van der Waals surface area contributed by atoms with Crippen LogP contribution in [0.15, 0.2) is 24.3 Å². The zero-order chi connectivity index (χ0) is 15.8. The molecule has 1 rings (SSSR count). The maximum absolute atomic E-state index is 11.7. The van der Waals surface area contributed by atoms with Crippen LogP contribution in [0.25, 0.3) is 0 Å². The molecule has 0 aliphatic carbocycles. The Balaban J connectivity index is 2.36. The van der Waals surface area contributed by atoms with Gasteiger partial charge in [0.05, 0.1) is 5.56 Å². The lowest BCUT2D eigenvalue weighted by atomic mass is 10.1. The third-order valence-corrected chi connectivity index (χ3v) is 2.51. The van der Waals surface area contributed by atoms with Crippen LogP contribution < -0.4 is 10.6 Å². The van der Waals surface area contributed by atoms with Crippen molar-refractivity contribution < 1.29 is 19.1 Å². The van der Waals surface area contributed by atoms with Crippen LogP contribution in [-0.4, -0.2) is 31.1 Å². The van der Waals surface area contributed by atoms with Gasteiger partial charge in [0.15, 0.2) is 6.61 Å². The van der Waals surface area contributed by atoms with Gasteiger partial charge in [0.1, 0.15) is 0 Å². The van der Waals surface area contributed by atoms with Gasteiger partial charge in [0.2, 0.25) is 0 Å². The first-order valence-electron chi connectivity index (χ1n) is 6.70. The topological polar surface area (TPSA) is 84.5 Å². The number of urea groups is 1. The van der Waals surface area contributed by atoms with Crippen LogP contribution in [0.3, 0.4) is 0 Å². The first-order valence-corrected chi connectivity index (χ1v) is 6.70. The van der Waals surface area contributed by atoms with Gasteiger partial charge in [0, 0.05) is 6.54 Å². The van der Waals surface area contributed by atoms with E-state index in [0.717, 1.165) is 5.56 Å². The third kappa shape index (κ3) is 6.56. The van der Waals surface area contributed by atoms with Crippen LogP contribution in [0.4, 0.5) is 4.79 Å². The molecule has 0 saturated heterocycles. The normalized spacial score (nSPS) is 10.1. The average molecular weight is 292 g/mol. The minimum atomic E-state index is -0.669. The van der Waals surface area contributed by atoms with Crippen molar-refractivity contribution in [2.24, 2.45) is 5.92 Å². The van der Waals surface area contributed by atoms with E-state index >= 15 is 0 Å². The summed E-state index contributed by atoms with van der Waals surface area (Å²) in [6.07, 6.45) is 0. The number of hydrogen-bond acceptors (Lipinski definition) is 4. The van der Waals surface area contributed by atoms with E-state index in [1.807, 2.05) is 26.8 Å². The molecule has 0 radical (unpaired) electrons. The lowest BCUT2D eigenvalue weighted by Crippen LogP contribution is -2.42. The molecule has 0 heterocycles. The summed E-state index contributed by atoms with van der Waals surface area (Å²) >= 11 is 0. The van der Waals surface area contributed by atoms with Crippen LogP contribution in [0, 0.1) is 12.8 Å². The summed E-state index contributed by atoms with van der Waals surface area (Å²) in [5.41, 5.74) is 1.29. The van der Waals surface area contributed by atoms with E-state index in [-0.39, 0.29) is 5.92 Å². The molecule has 0 aliphatic heterocycles. The second-order valence-corrected chi connectivity index (χ2v) is 5.10. The highest BCUT2D eigenvalue weighted by molar-refractivity contribution is 5.97. The molecule has 0 aliphatic rings. The Morgan fingerprint density at radius 1 is 1.24 bits per heavy atom. The van der Waals surface area contributed by atoms with Gasteiger partial charge >= 0.3 is 12.0 Å². The van der Waals surface area contributed by atoms with Crippen LogP contribution in [-0.2, 0) is 9.53 Å². The van der Waals surface area contributed by atoms with E-state index in [1.54, 1.807) is 18.2 Å². The van der Waals surface area contributed by atoms with Gasteiger partial charge in [0.25, 0.3) is 5.91 Å². The molecule has 0 aromatic heterocycles. The van der Waals surface area contributed by atoms with Gasteiger partial charge in [-0.2, -0.15) is 0 Å². The second kappa shape index (κ2) is 8.04. The molecule has 6 heteroatoms. The number of carbonyl (C=O) groups excluding carboxylic acids is 3. The van der Waals surface area contributed by atoms with Gasteiger partial charge in [-0.3, -0.25) is 10.1 Å². The SMILES string of the molecule is Cc1cccc(C(=O)OCC(=O)NC(=O)NCC(C)C)c1. The third-order valence-electron chi connectivity index (χ3n) is 2.51. The number of carbonyl (C=O) groups is 3. The van der Waals surface area contributed by atoms with Gasteiger partial charge in [-0.15, -0.1) is 0 Å². The van der Waals surface area contributed by atoms with Gasteiger partial charge in [-0.1, -0.05) is 31.5 Å². The first kappa shape index (κ1) is 16.7. The van der Waals surface area contributed by atoms with E-state index < -0.39 is 24.5 Å². The number of aryl methyl sites for hydroxylation is 1. The Morgan fingerprint density at radius 3 is 2.57 bits per heavy atom. The number of rotatable bonds is 5. The molecule has 0 atom stereocenters. The highest BCUT2D eigenvalue weighted by atomic mass is 16.5. The molecular formula is C15H20N2O4. The zero-order valence-corrected chi connectivity index (χ0v) is 12.4. The largest absolute Gasteiger partial charge is 0.452 e. The molecule has 0 fully saturated rings. The fourth-order valence-corrected chi connectivity index (χ4v) is 1.49. The molecule has 6 nitrogen and oxygen atoms in total. The van der Waals surface area contributed by atoms with E-state index in [9.17, 15) is 14.4 Å². The van der Waals surface area contributed by atoms with Crippen molar-refractivity contribution in [2.75, 3.05) is 13.2 Å². The number of amides is 3. The van der Waals surface area contributed by atoms with Gasteiger partial charge in [-0.25, -0.2) is 9.59 Å². The number of ether oxygens (including phenoxy) is 1. The summed E-state index contributed by atoms with van der Waals surface area (Å²) in [7, 11) is 0. The number of nitrogens with one attached hydrogen (secondary N) is 2. The number of esters is 1. The molecule has 0 spiro atoms. The van der Waals surface area contributed by atoms with E-state index in [1.165, 1.54) is 0 Å². The highest BCUT2D eigenvalue weighted by Crippen LogP contribution is 2.05. The van der Waals surface area contributed by atoms with Crippen molar-refractivity contribution in [1.29, 1.82) is 0 Å². The van der Waals surface area contributed by atoms with E-state index in [4.69, 9.17) is 4.74 Å². The molecule has 0 unspecified atom stereocenters. The van der Waals surface area contributed by atoms with Crippen molar-refractivity contribution in [3.05, 3.63) is 35.4 Å². The number of hydrogen-bond donors (Lipinski definition) is 2. The predicted octanol–water partition coefficient (Wildman–Crippen LogP) is 1.63. The Morgan fingerprint density at radius 2 is 1.95 bits per heavy atom. The Hall–Kier alpha value is -2.37. The quantitative estimate of drug-likeness (QED) is 0.808. The highest BCUT2D eigenvalue weighted by Gasteiger charge is 2.12. The summed E-state index contributed by atoms with van der Waals surface area (Å²) in [6.45, 7) is 5.68. The summed E-state index contributed by atoms with van der Waals surface area (Å²) in [5.74, 6) is -0.987. The first-order chi connectivity index (χ1) is 9.88. The fourth-order valence-electron chi connectivity index (χ4n) is 1.49. The fraction of sp³-hybridized carbons (Fsp3) is 0.400. The van der Waals surface area contributed by atoms with Crippen molar-refractivity contribution in [3.8, 4) is 0 Å². The monoisotopic (exact) mass is 292 g/mol. The summed E-state index contributed by atoms with van der Waals surface area (Å²) in [4.78, 5) is 34.5. The second-order valence-electron chi connectivity index (χ2n) is 5.10. The zero-order valence-electron chi connectivity index (χ0n) is 12.4. The predicted molar refractivity (Wildman–Crippen MR) is 77.8 cm³/mol. The van der Waals surface area contributed by atoms with Crippen LogP contribution in [0.2, 0.25) is 0 Å². The van der Waals surface area contributed by atoms with Crippen molar-refractivity contribution in [1.82, 2.24) is 10.6 Å². The Bertz CT molecular complexity index is 526. The summed E-state index contributed by atoms with van der Waals surface area (Å²) in [6, 6.07) is 6.24. The summed E-state index contributed by atoms with van der Waals surface area (Å²) in [5, 5.41) is 4.62. The smallest absolute Gasteiger partial charge is 0.338 e. The molecule has 0 bridgehead atoms. The molecule has 1 aromatic rings. The Labute approximate surface area is 123 Å². The minimum Gasteiger partial charge on any atom is -0.452 e. The van der Waals surface area contributed by atoms with Crippen LogP contribution in [0.5, 0.6) is 0 Å². The van der Waals surface area contributed by atoms with Crippen molar-refractivity contribution in [3.63, 3.8) is 0 Å². The molecule has 1 aromatic carbocycles. The molecule has 21 heavy (non-hydrogen) atoms. The standard InChI is InChI=1S/C15H20N2O4/c1-10(2)8-16-15(20)17-13(18)9-21-14(19)12-6-4-5-11(3)7-12/h4-7,10H,8-9H2,1-3H3,(H2,16,17,18,20). The molecule has 2 N–H and O–H groups in total.